The highest BCUT2D eigenvalue weighted by Crippen LogP contribution is 2.16. The molecule has 13 heavy (non-hydrogen) atoms. The maximum Gasteiger partial charge on any atom is 0.226 e. The molecule has 4 heteroatoms. The summed E-state index contributed by atoms with van der Waals surface area (Å²) in [5, 5.41) is 0. The van der Waals surface area contributed by atoms with Gasteiger partial charge in [-0.3, -0.25) is 9.59 Å². The van der Waals surface area contributed by atoms with Gasteiger partial charge in [-0.1, -0.05) is 6.92 Å². The van der Waals surface area contributed by atoms with Gasteiger partial charge in [0.25, 0.3) is 0 Å². The fourth-order valence-electron chi connectivity index (χ4n) is 1.44. The van der Waals surface area contributed by atoms with Crippen molar-refractivity contribution in [2.45, 2.75) is 26.2 Å². The minimum absolute atomic E-state index is 0.0903. The smallest absolute Gasteiger partial charge is 0.226 e. The van der Waals surface area contributed by atoms with Gasteiger partial charge in [0.05, 0.1) is 0 Å². The lowest BCUT2D eigenvalue weighted by Gasteiger charge is -2.33. The first kappa shape index (κ1) is 10.0. The zero-order chi connectivity index (χ0) is 9.84. The molecule has 0 aliphatic carbocycles. The van der Waals surface area contributed by atoms with E-state index in [1.807, 2.05) is 6.92 Å². The Bertz CT molecular complexity index is 212. The van der Waals surface area contributed by atoms with Crippen LogP contribution in [0.5, 0.6) is 0 Å². The Balaban J connectivity index is 2.44. The maximum absolute atomic E-state index is 11.6. The monoisotopic (exact) mass is 184 g/mol. The lowest BCUT2D eigenvalue weighted by atomic mass is 9.98. The van der Waals surface area contributed by atoms with Crippen molar-refractivity contribution in [1.29, 1.82) is 0 Å². The van der Waals surface area contributed by atoms with Crippen LogP contribution in [0.15, 0.2) is 0 Å². The molecule has 2 N–H and O–H groups in total. The Kier molecular flexibility index (Phi) is 3.28. The van der Waals surface area contributed by atoms with Gasteiger partial charge >= 0.3 is 0 Å². The number of carbonyl (C=O) groups excluding carboxylic acids is 2. The Labute approximate surface area is 78.1 Å². The fourth-order valence-corrected chi connectivity index (χ4v) is 1.44. The zero-order valence-electron chi connectivity index (χ0n) is 7.95. The van der Waals surface area contributed by atoms with Crippen LogP contribution in [0, 0.1) is 5.92 Å². The van der Waals surface area contributed by atoms with Gasteiger partial charge in [-0.2, -0.15) is 0 Å². The number of hydrogen-bond donors (Lipinski definition) is 1. The first-order valence-corrected chi connectivity index (χ1v) is 4.72. The normalized spacial score (nSPS) is 17.8. The summed E-state index contributed by atoms with van der Waals surface area (Å²) in [6, 6.07) is 0. The molecule has 0 radical (unpaired) electrons. The van der Waals surface area contributed by atoms with Crippen molar-refractivity contribution < 1.29 is 9.59 Å². The van der Waals surface area contributed by atoms with Crippen molar-refractivity contribution in [1.82, 2.24) is 4.90 Å². The molecule has 1 aliphatic heterocycles. The molecule has 1 heterocycles. The average Bonchev–Trinajstić information content (AvgIpc) is 1.96. The molecule has 0 aromatic carbocycles. The van der Waals surface area contributed by atoms with Crippen LogP contribution < -0.4 is 5.73 Å². The van der Waals surface area contributed by atoms with E-state index in [-0.39, 0.29) is 24.2 Å². The summed E-state index contributed by atoms with van der Waals surface area (Å²) < 4.78 is 0. The maximum atomic E-state index is 11.6. The fraction of sp³-hybridized carbons (Fsp3) is 0.778. The lowest BCUT2D eigenvalue weighted by Crippen LogP contribution is -2.45. The summed E-state index contributed by atoms with van der Waals surface area (Å²) in [6.45, 7) is 3.59. The highest BCUT2D eigenvalue weighted by molar-refractivity contribution is 5.85. The molecule has 1 atom stereocenters. The molecule has 1 aliphatic rings. The number of hydrogen-bond acceptors (Lipinski definition) is 2. The zero-order valence-corrected chi connectivity index (χ0v) is 7.95. The quantitative estimate of drug-likeness (QED) is 0.674. The molecule has 1 saturated heterocycles. The van der Waals surface area contributed by atoms with Crippen molar-refractivity contribution in [2.75, 3.05) is 13.1 Å². The van der Waals surface area contributed by atoms with E-state index in [9.17, 15) is 9.59 Å². The second-order valence-electron chi connectivity index (χ2n) is 3.45. The predicted molar refractivity (Wildman–Crippen MR) is 48.8 cm³/mol. The van der Waals surface area contributed by atoms with Crippen LogP contribution >= 0.6 is 0 Å². The molecular weight excluding hydrogens is 168 g/mol. The SMILES string of the molecule is CCC(CC(N)=O)C(=O)N1CCC1. The van der Waals surface area contributed by atoms with E-state index in [1.54, 1.807) is 4.90 Å². The van der Waals surface area contributed by atoms with Gasteiger partial charge in [0, 0.05) is 25.4 Å². The topological polar surface area (TPSA) is 63.4 Å². The van der Waals surface area contributed by atoms with Crippen LogP contribution in [0.3, 0.4) is 0 Å². The number of carbonyl (C=O) groups is 2. The number of rotatable bonds is 4. The Morgan fingerprint density at radius 2 is 2.08 bits per heavy atom. The molecular formula is C9H16N2O2. The predicted octanol–water partition coefficient (Wildman–Crippen LogP) is 0.120. The molecule has 0 bridgehead atoms. The first-order valence-electron chi connectivity index (χ1n) is 4.72. The molecule has 0 saturated carbocycles. The van der Waals surface area contributed by atoms with Gasteiger partial charge in [-0.15, -0.1) is 0 Å². The Morgan fingerprint density at radius 3 is 2.38 bits per heavy atom. The molecule has 1 fully saturated rings. The summed E-state index contributed by atoms with van der Waals surface area (Å²) in [7, 11) is 0. The van der Waals surface area contributed by atoms with Gasteiger partial charge in [0.1, 0.15) is 0 Å². The van der Waals surface area contributed by atoms with Crippen LogP contribution in [-0.2, 0) is 9.59 Å². The highest BCUT2D eigenvalue weighted by Gasteiger charge is 2.27. The summed E-state index contributed by atoms with van der Waals surface area (Å²) in [6.07, 6.45) is 1.96. The van der Waals surface area contributed by atoms with Gasteiger partial charge in [0.15, 0.2) is 0 Å². The molecule has 0 aromatic rings. The van der Waals surface area contributed by atoms with Gasteiger partial charge in [-0.25, -0.2) is 0 Å². The second-order valence-corrected chi connectivity index (χ2v) is 3.45. The van der Waals surface area contributed by atoms with Crippen LogP contribution in [0.4, 0.5) is 0 Å². The second kappa shape index (κ2) is 4.25. The van der Waals surface area contributed by atoms with E-state index in [2.05, 4.69) is 0 Å². The van der Waals surface area contributed by atoms with Crippen molar-refractivity contribution in [3.63, 3.8) is 0 Å². The number of nitrogens with zero attached hydrogens (tertiary/aromatic N) is 1. The minimum atomic E-state index is -0.388. The third-order valence-electron chi connectivity index (χ3n) is 2.46. The Hall–Kier alpha value is -1.06. The summed E-state index contributed by atoms with van der Waals surface area (Å²) in [5.74, 6) is -0.494. The van der Waals surface area contributed by atoms with Crippen LogP contribution in [0.2, 0.25) is 0 Å². The molecule has 1 unspecified atom stereocenters. The van der Waals surface area contributed by atoms with Crippen LogP contribution in [0.1, 0.15) is 26.2 Å². The van der Waals surface area contributed by atoms with Crippen molar-refractivity contribution in [2.24, 2.45) is 11.7 Å². The van der Waals surface area contributed by atoms with E-state index < -0.39 is 0 Å². The number of amides is 2. The first-order chi connectivity index (χ1) is 6.15. The molecule has 1 rings (SSSR count). The van der Waals surface area contributed by atoms with Crippen molar-refractivity contribution >= 4 is 11.8 Å². The van der Waals surface area contributed by atoms with Gasteiger partial charge < -0.3 is 10.6 Å². The van der Waals surface area contributed by atoms with E-state index in [1.165, 1.54) is 0 Å². The number of primary amides is 1. The summed E-state index contributed by atoms with van der Waals surface area (Å²) in [5.41, 5.74) is 5.06. The summed E-state index contributed by atoms with van der Waals surface area (Å²) in [4.78, 5) is 24.1. The molecule has 74 valence electrons. The highest BCUT2D eigenvalue weighted by atomic mass is 16.2. The lowest BCUT2D eigenvalue weighted by molar-refractivity contribution is -0.141. The number of likely N-dealkylation sites (tertiary alicyclic amines) is 1. The van der Waals surface area contributed by atoms with Gasteiger partial charge in [-0.05, 0) is 12.8 Å². The van der Waals surface area contributed by atoms with Crippen molar-refractivity contribution in [3.8, 4) is 0 Å². The van der Waals surface area contributed by atoms with Crippen LogP contribution in [-0.4, -0.2) is 29.8 Å². The third-order valence-corrected chi connectivity index (χ3v) is 2.46. The molecule has 2 amide bonds. The average molecular weight is 184 g/mol. The molecule has 0 spiro atoms. The van der Waals surface area contributed by atoms with Crippen molar-refractivity contribution in [3.05, 3.63) is 0 Å². The Morgan fingerprint density at radius 1 is 1.46 bits per heavy atom. The minimum Gasteiger partial charge on any atom is -0.370 e. The molecule has 4 nitrogen and oxygen atoms in total. The largest absolute Gasteiger partial charge is 0.370 e. The van der Waals surface area contributed by atoms with Crippen LogP contribution in [0.25, 0.3) is 0 Å². The van der Waals surface area contributed by atoms with E-state index in [0.717, 1.165) is 19.5 Å². The third kappa shape index (κ3) is 2.44. The van der Waals surface area contributed by atoms with Gasteiger partial charge in [0.2, 0.25) is 11.8 Å². The van der Waals surface area contributed by atoms with E-state index >= 15 is 0 Å². The standard InChI is InChI=1S/C9H16N2O2/c1-2-7(6-8(10)12)9(13)11-4-3-5-11/h7H,2-6H2,1H3,(H2,10,12). The molecule has 0 aromatic heterocycles. The number of nitrogens with two attached hydrogens (primary N) is 1. The van der Waals surface area contributed by atoms with E-state index in [0.29, 0.717) is 6.42 Å². The van der Waals surface area contributed by atoms with E-state index in [4.69, 9.17) is 5.73 Å². The summed E-state index contributed by atoms with van der Waals surface area (Å²) >= 11 is 0.